The van der Waals surface area contributed by atoms with Crippen LogP contribution in [-0.4, -0.2) is 26.7 Å². The zero-order valence-corrected chi connectivity index (χ0v) is 19.7. The van der Waals surface area contributed by atoms with Crippen LogP contribution in [0.15, 0.2) is 40.3 Å². The summed E-state index contributed by atoms with van der Waals surface area (Å²) in [6, 6.07) is 11.6. The van der Waals surface area contributed by atoms with Gasteiger partial charge in [0.2, 0.25) is 11.8 Å². The number of thiophene rings is 1. The maximum Gasteiger partial charge on any atom is 0.258 e. The number of carbonyl (C=O) groups excluding carboxylic acids is 1. The van der Waals surface area contributed by atoms with Crippen molar-refractivity contribution in [2.24, 2.45) is 0 Å². The van der Waals surface area contributed by atoms with E-state index in [1.165, 1.54) is 29.1 Å². The zero-order chi connectivity index (χ0) is 23.2. The molecule has 4 rings (SSSR count). The lowest BCUT2D eigenvalue weighted by molar-refractivity contribution is -0.113. The molecule has 0 fully saturated rings. The van der Waals surface area contributed by atoms with Gasteiger partial charge < -0.3 is 15.4 Å². The predicted molar refractivity (Wildman–Crippen MR) is 130 cm³/mol. The maximum atomic E-state index is 12.6. The summed E-state index contributed by atoms with van der Waals surface area (Å²) >= 11 is 2.52. The highest BCUT2D eigenvalue weighted by Crippen LogP contribution is 2.36. The van der Waals surface area contributed by atoms with Crippen molar-refractivity contribution < 1.29 is 9.90 Å². The van der Waals surface area contributed by atoms with Crippen LogP contribution in [0.5, 0.6) is 5.88 Å². The van der Waals surface area contributed by atoms with Gasteiger partial charge in [0.25, 0.3) is 5.56 Å². The zero-order valence-electron chi connectivity index (χ0n) is 18.0. The number of nitrogens with zero attached hydrogens (tertiary/aromatic N) is 2. The number of nitriles is 1. The van der Waals surface area contributed by atoms with Crippen molar-refractivity contribution in [3.05, 3.63) is 67.8 Å². The largest absolute Gasteiger partial charge is 0.493 e. The molecule has 0 radical (unpaired) electrons. The molecule has 3 aromatic rings. The molecule has 0 bridgehead atoms. The summed E-state index contributed by atoms with van der Waals surface area (Å²) in [4.78, 5) is 32.9. The van der Waals surface area contributed by atoms with Crippen molar-refractivity contribution in [3.63, 3.8) is 0 Å². The van der Waals surface area contributed by atoms with Gasteiger partial charge in [0.15, 0.2) is 5.16 Å². The number of H-pyrrole nitrogens is 1. The summed E-state index contributed by atoms with van der Waals surface area (Å²) in [5.41, 5.74) is 2.29. The van der Waals surface area contributed by atoms with Crippen LogP contribution >= 0.6 is 23.1 Å². The molecule has 0 saturated carbocycles. The second-order valence-electron chi connectivity index (χ2n) is 7.91. The first-order valence-electron chi connectivity index (χ1n) is 10.9. The van der Waals surface area contributed by atoms with Crippen LogP contribution in [0.2, 0.25) is 0 Å². The number of thioether (sulfide) groups is 1. The molecule has 9 heteroatoms. The Balaban J connectivity index is 1.42. The molecule has 170 valence electrons. The van der Waals surface area contributed by atoms with Crippen molar-refractivity contribution in [3.8, 4) is 11.9 Å². The number of rotatable bonds is 6. The Morgan fingerprint density at radius 2 is 1.97 bits per heavy atom. The highest BCUT2D eigenvalue weighted by Gasteiger charge is 2.21. The predicted octanol–water partition coefficient (Wildman–Crippen LogP) is 4.39. The minimum Gasteiger partial charge on any atom is -0.493 e. The maximum absolute atomic E-state index is 12.6. The second kappa shape index (κ2) is 10.7. The number of aromatic nitrogens is 2. The summed E-state index contributed by atoms with van der Waals surface area (Å²) in [5, 5.41) is 23.5. The SMILES string of the molecule is N#Cc1c(NC(=O)CSc2nc(O)c(Cc3ccccc3)c(=O)[nH]2)sc2c1CCCCCC2. The van der Waals surface area contributed by atoms with Crippen LogP contribution in [-0.2, 0) is 24.1 Å². The molecule has 1 aliphatic carbocycles. The standard InChI is InChI=1S/C24H24N4O3S2/c25-13-18-16-10-6-1-2-7-11-19(16)33-23(18)26-20(29)14-32-24-27-21(30)17(22(31)28-24)12-15-8-4-3-5-9-15/h3-5,8-9H,1-2,6-7,10-12,14H2,(H,26,29)(H2,27,28,30,31). The van der Waals surface area contributed by atoms with Crippen molar-refractivity contribution in [1.29, 1.82) is 5.26 Å². The lowest BCUT2D eigenvalue weighted by Gasteiger charge is -2.08. The fourth-order valence-corrected chi connectivity index (χ4v) is 5.83. The number of fused-ring (bicyclic) bond motifs is 1. The number of carbonyl (C=O) groups is 1. The average Bonchev–Trinajstić information content (AvgIpc) is 3.10. The molecule has 0 unspecified atom stereocenters. The summed E-state index contributed by atoms with van der Waals surface area (Å²) in [6.07, 6.45) is 6.61. The van der Waals surface area contributed by atoms with Gasteiger partial charge in [0, 0.05) is 11.3 Å². The fourth-order valence-electron chi connectivity index (χ4n) is 3.92. The van der Waals surface area contributed by atoms with E-state index < -0.39 is 5.56 Å². The normalized spacial score (nSPS) is 13.4. The molecule has 3 N–H and O–H groups in total. The molecular formula is C24H24N4O3S2. The molecule has 1 aromatic carbocycles. The van der Waals surface area contributed by atoms with E-state index in [9.17, 15) is 20.0 Å². The van der Waals surface area contributed by atoms with Crippen molar-refractivity contribution in [1.82, 2.24) is 9.97 Å². The number of hydrogen-bond acceptors (Lipinski definition) is 7. The lowest BCUT2D eigenvalue weighted by Crippen LogP contribution is -2.17. The minimum atomic E-state index is -0.431. The van der Waals surface area contributed by atoms with Crippen LogP contribution in [0.3, 0.4) is 0 Å². The van der Waals surface area contributed by atoms with Gasteiger partial charge in [-0.2, -0.15) is 10.2 Å². The molecule has 2 heterocycles. The first kappa shape index (κ1) is 23.1. The molecule has 33 heavy (non-hydrogen) atoms. The molecule has 0 aliphatic heterocycles. The summed E-state index contributed by atoms with van der Waals surface area (Å²) in [5.74, 6) is -0.634. The van der Waals surface area contributed by atoms with Gasteiger partial charge in [-0.15, -0.1) is 11.3 Å². The molecule has 0 spiro atoms. The van der Waals surface area contributed by atoms with Gasteiger partial charge >= 0.3 is 0 Å². The first-order chi connectivity index (χ1) is 16.0. The number of nitrogens with one attached hydrogen (secondary N) is 2. The Morgan fingerprint density at radius 3 is 2.70 bits per heavy atom. The number of hydrogen-bond donors (Lipinski definition) is 3. The third-order valence-corrected chi connectivity index (χ3v) is 7.65. The van der Waals surface area contributed by atoms with E-state index in [1.807, 2.05) is 30.3 Å². The van der Waals surface area contributed by atoms with Gasteiger partial charge in [0.05, 0.1) is 16.9 Å². The van der Waals surface area contributed by atoms with Gasteiger partial charge in [0.1, 0.15) is 11.1 Å². The highest BCUT2D eigenvalue weighted by atomic mass is 32.2. The van der Waals surface area contributed by atoms with Crippen LogP contribution in [0.25, 0.3) is 0 Å². The van der Waals surface area contributed by atoms with Gasteiger partial charge in [-0.3, -0.25) is 9.59 Å². The number of anilines is 1. The van der Waals surface area contributed by atoms with E-state index in [0.717, 1.165) is 48.6 Å². The average molecular weight is 481 g/mol. The quantitative estimate of drug-likeness (QED) is 0.356. The molecule has 0 saturated heterocycles. The number of benzene rings is 1. The van der Waals surface area contributed by atoms with E-state index in [-0.39, 0.29) is 34.7 Å². The third-order valence-electron chi connectivity index (χ3n) is 5.57. The molecule has 1 amide bonds. The van der Waals surface area contributed by atoms with Crippen LogP contribution in [0.4, 0.5) is 5.00 Å². The Hall–Kier alpha value is -3.09. The van der Waals surface area contributed by atoms with Crippen molar-refractivity contribution in [2.75, 3.05) is 11.1 Å². The van der Waals surface area contributed by atoms with Crippen LogP contribution in [0.1, 0.15) is 52.8 Å². The number of aryl methyl sites for hydroxylation is 1. The minimum absolute atomic E-state index is 0.00610. The number of aromatic amines is 1. The van der Waals surface area contributed by atoms with Gasteiger partial charge in [-0.25, -0.2) is 0 Å². The first-order valence-corrected chi connectivity index (χ1v) is 12.7. The van der Waals surface area contributed by atoms with Gasteiger partial charge in [-0.1, -0.05) is 54.9 Å². The Kier molecular flexibility index (Phi) is 7.47. The molecular weight excluding hydrogens is 456 g/mol. The smallest absolute Gasteiger partial charge is 0.258 e. The van der Waals surface area contributed by atoms with E-state index >= 15 is 0 Å². The summed E-state index contributed by atoms with van der Waals surface area (Å²) < 4.78 is 0. The summed E-state index contributed by atoms with van der Waals surface area (Å²) in [6.45, 7) is 0. The second-order valence-corrected chi connectivity index (χ2v) is 9.98. The fraction of sp³-hybridized carbons (Fsp3) is 0.333. The van der Waals surface area contributed by atoms with Crippen LogP contribution < -0.4 is 10.9 Å². The Morgan fingerprint density at radius 1 is 1.21 bits per heavy atom. The molecule has 2 aromatic heterocycles. The van der Waals surface area contributed by atoms with E-state index in [0.29, 0.717) is 10.6 Å². The topological polar surface area (TPSA) is 119 Å². The Labute approximate surface area is 199 Å². The highest BCUT2D eigenvalue weighted by molar-refractivity contribution is 7.99. The monoisotopic (exact) mass is 480 g/mol. The van der Waals surface area contributed by atoms with E-state index in [2.05, 4.69) is 21.4 Å². The molecule has 1 aliphatic rings. The van der Waals surface area contributed by atoms with E-state index in [4.69, 9.17) is 0 Å². The van der Waals surface area contributed by atoms with E-state index in [1.54, 1.807) is 0 Å². The molecule has 7 nitrogen and oxygen atoms in total. The third kappa shape index (κ3) is 5.64. The summed E-state index contributed by atoms with van der Waals surface area (Å²) in [7, 11) is 0. The van der Waals surface area contributed by atoms with Gasteiger partial charge in [-0.05, 0) is 36.8 Å². The van der Waals surface area contributed by atoms with Crippen molar-refractivity contribution in [2.45, 2.75) is 50.1 Å². The molecule has 0 atom stereocenters. The van der Waals surface area contributed by atoms with Crippen LogP contribution in [0, 0.1) is 11.3 Å². The lowest BCUT2D eigenvalue weighted by atomic mass is 9.97. The number of amides is 1. The number of aromatic hydroxyl groups is 1. The Bertz CT molecular complexity index is 1250. The van der Waals surface area contributed by atoms with Crippen molar-refractivity contribution >= 4 is 34.0 Å².